The normalized spacial score (nSPS) is 13.6. The van der Waals surface area contributed by atoms with Crippen LogP contribution in [0.15, 0.2) is 42.6 Å². The van der Waals surface area contributed by atoms with E-state index in [4.69, 9.17) is 11.6 Å². The molecule has 1 aliphatic rings. The molecule has 0 saturated carbocycles. The lowest BCUT2D eigenvalue weighted by Crippen LogP contribution is -2.33. The molecule has 3 amide bonds. The molecule has 1 fully saturated rings. The van der Waals surface area contributed by atoms with Crippen LogP contribution in [0.25, 0.3) is 0 Å². The Kier molecular flexibility index (Phi) is 5.48. The molecule has 3 rings (SSSR count). The molecule has 1 aliphatic heterocycles. The summed E-state index contributed by atoms with van der Waals surface area (Å²) >= 11 is 5.80. The van der Waals surface area contributed by atoms with Crippen molar-refractivity contribution in [2.24, 2.45) is 0 Å². The van der Waals surface area contributed by atoms with Gasteiger partial charge in [-0.15, -0.1) is 0 Å². The van der Waals surface area contributed by atoms with Gasteiger partial charge >= 0.3 is 0 Å². The molecule has 0 unspecified atom stereocenters. The Hall–Kier alpha value is -2.93. The van der Waals surface area contributed by atoms with E-state index in [2.05, 4.69) is 15.6 Å². The number of aromatic nitrogens is 1. The summed E-state index contributed by atoms with van der Waals surface area (Å²) in [5.41, 5.74) is 1.54. The summed E-state index contributed by atoms with van der Waals surface area (Å²) in [6.45, 7) is 0.521. The Morgan fingerprint density at radius 3 is 2.62 bits per heavy atom. The lowest BCUT2D eigenvalue weighted by Gasteiger charge is -2.16. The van der Waals surface area contributed by atoms with E-state index in [1.165, 1.54) is 12.3 Å². The predicted octanol–water partition coefficient (Wildman–Crippen LogP) is 2.23. The van der Waals surface area contributed by atoms with Crippen molar-refractivity contribution >= 4 is 40.7 Å². The Balaban J connectivity index is 1.51. The maximum absolute atomic E-state index is 12.0. The number of rotatable bonds is 5. The number of benzene rings is 1. The molecule has 0 atom stereocenters. The summed E-state index contributed by atoms with van der Waals surface area (Å²) in [5.74, 6) is -0.741. The minimum Gasteiger partial charge on any atom is -0.342 e. The molecule has 7 nitrogen and oxygen atoms in total. The van der Waals surface area contributed by atoms with Crippen molar-refractivity contribution in [3.8, 4) is 0 Å². The Morgan fingerprint density at radius 2 is 1.96 bits per heavy atom. The summed E-state index contributed by atoms with van der Waals surface area (Å²) in [5, 5.41) is 5.56. The maximum atomic E-state index is 12.0. The van der Waals surface area contributed by atoms with Crippen molar-refractivity contribution in [2.45, 2.75) is 12.8 Å². The van der Waals surface area contributed by atoms with Crippen LogP contribution >= 0.6 is 11.6 Å². The number of halogens is 1. The van der Waals surface area contributed by atoms with Crippen molar-refractivity contribution in [1.29, 1.82) is 0 Å². The molecule has 134 valence electrons. The molecule has 0 spiro atoms. The molecule has 2 heterocycles. The average Bonchev–Trinajstić information content (AvgIpc) is 3.06. The van der Waals surface area contributed by atoms with E-state index in [1.807, 2.05) is 0 Å². The number of anilines is 2. The van der Waals surface area contributed by atoms with Crippen LogP contribution in [0.1, 0.15) is 23.3 Å². The quantitative estimate of drug-likeness (QED) is 0.841. The van der Waals surface area contributed by atoms with E-state index in [1.54, 1.807) is 35.2 Å². The zero-order chi connectivity index (χ0) is 18.5. The molecule has 0 aliphatic carbocycles. The van der Waals surface area contributed by atoms with Gasteiger partial charge in [0, 0.05) is 35.6 Å². The number of nitrogens with one attached hydrogen (secondary N) is 2. The standard InChI is InChI=1S/C18H17ClN4O3/c19-12-7-8-20-15(10-12)18(26)21-11-16(24)22-13-3-5-14(6-4-13)23-9-1-2-17(23)25/h3-8,10H,1-2,9,11H2,(H,21,26)(H,22,24). The number of amides is 3. The minimum absolute atomic E-state index is 0.110. The van der Waals surface area contributed by atoms with Crippen LogP contribution in [-0.4, -0.2) is 35.8 Å². The number of pyridine rings is 1. The highest BCUT2D eigenvalue weighted by Gasteiger charge is 2.21. The van der Waals surface area contributed by atoms with Gasteiger partial charge in [0.15, 0.2) is 0 Å². The summed E-state index contributed by atoms with van der Waals surface area (Å²) in [4.78, 5) is 41.2. The number of hydrogen-bond donors (Lipinski definition) is 2. The summed E-state index contributed by atoms with van der Waals surface area (Å²) in [6.07, 6.45) is 2.85. The second kappa shape index (κ2) is 7.97. The highest BCUT2D eigenvalue weighted by atomic mass is 35.5. The molecular weight excluding hydrogens is 356 g/mol. The van der Waals surface area contributed by atoms with Gasteiger partial charge in [-0.3, -0.25) is 19.4 Å². The van der Waals surface area contributed by atoms with Crippen LogP contribution in [-0.2, 0) is 9.59 Å². The predicted molar refractivity (Wildman–Crippen MR) is 98.2 cm³/mol. The van der Waals surface area contributed by atoms with Gasteiger partial charge in [0.05, 0.1) is 6.54 Å². The third-order valence-corrected chi connectivity index (χ3v) is 4.14. The van der Waals surface area contributed by atoms with Crippen LogP contribution in [0.2, 0.25) is 5.02 Å². The van der Waals surface area contributed by atoms with E-state index in [9.17, 15) is 14.4 Å². The zero-order valence-corrected chi connectivity index (χ0v) is 14.6. The first-order valence-electron chi connectivity index (χ1n) is 8.13. The van der Waals surface area contributed by atoms with Crippen LogP contribution in [0.5, 0.6) is 0 Å². The molecule has 2 aromatic rings. The first-order chi connectivity index (χ1) is 12.5. The minimum atomic E-state index is -0.481. The van der Waals surface area contributed by atoms with Crippen molar-refractivity contribution in [3.63, 3.8) is 0 Å². The lowest BCUT2D eigenvalue weighted by molar-refractivity contribution is -0.117. The lowest BCUT2D eigenvalue weighted by atomic mass is 10.2. The van der Waals surface area contributed by atoms with Crippen molar-refractivity contribution < 1.29 is 14.4 Å². The number of carbonyl (C=O) groups is 3. The van der Waals surface area contributed by atoms with Crippen molar-refractivity contribution in [1.82, 2.24) is 10.3 Å². The third kappa shape index (κ3) is 4.37. The molecule has 26 heavy (non-hydrogen) atoms. The molecule has 8 heteroatoms. The monoisotopic (exact) mass is 372 g/mol. The largest absolute Gasteiger partial charge is 0.342 e. The van der Waals surface area contributed by atoms with Gasteiger partial charge < -0.3 is 15.5 Å². The first-order valence-corrected chi connectivity index (χ1v) is 8.51. The second-order valence-corrected chi connectivity index (χ2v) is 6.22. The van der Waals surface area contributed by atoms with E-state index in [0.717, 1.165) is 12.1 Å². The Labute approximate surface area is 155 Å². The number of carbonyl (C=O) groups excluding carboxylic acids is 3. The van der Waals surface area contributed by atoms with Gasteiger partial charge in [-0.25, -0.2) is 0 Å². The fourth-order valence-electron chi connectivity index (χ4n) is 2.63. The van der Waals surface area contributed by atoms with Gasteiger partial charge in [0.25, 0.3) is 5.91 Å². The third-order valence-electron chi connectivity index (χ3n) is 3.90. The maximum Gasteiger partial charge on any atom is 0.270 e. The van der Waals surface area contributed by atoms with Crippen molar-refractivity contribution in [3.05, 3.63) is 53.3 Å². The number of nitrogens with zero attached hydrogens (tertiary/aromatic N) is 2. The van der Waals surface area contributed by atoms with Gasteiger partial charge in [-0.05, 0) is 42.8 Å². The van der Waals surface area contributed by atoms with Crippen LogP contribution < -0.4 is 15.5 Å². The van der Waals surface area contributed by atoms with E-state index in [0.29, 0.717) is 23.7 Å². The van der Waals surface area contributed by atoms with Gasteiger partial charge in [-0.1, -0.05) is 11.6 Å². The molecule has 1 aromatic carbocycles. The summed E-state index contributed by atoms with van der Waals surface area (Å²) in [7, 11) is 0. The second-order valence-electron chi connectivity index (χ2n) is 5.79. The van der Waals surface area contributed by atoms with Gasteiger partial charge in [0.1, 0.15) is 5.69 Å². The van der Waals surface area contributed by atoms with Crippen molar-refractivity contribution in [2.75, 3.05) is 23.3 Å². The Morgan fingerprint density at radius 1 is 1.19 bits per heavy atom. The topological polar surface area (TPSA) is 91.4 Å². The first kappa shape index (κ1) is 17.9. The number of hydrogen-bond acceptors (Lipinski definition) is 4. The molecule has 1 saturated heterocycles. The summed E-state index contributed by atoms with van der Waals surface area (Å²) in [6, 6.07) is 10.00. The molecule has 0 bridgehead atoms. The Bertz CT molecular complexity index is 839. The molecular formula is C18H17ClN4O3. The zero-order valence-electron chi connectivity index (χ0n) is 13.9. The van der Waals surface area contributed by atoms with Crippen LogP contribution in [0, 0.1) is 0 Å². The highest BCUT2D eigenvalue weighted by Crippen LogP contribution is 2.22. The SMILES string of the molecule is O=C(CNC(=O)c1cc(Cl)ccn1)Nc1ccc(N2CCCC2=O)cc1. The molecule has 0 radical (unpaired) electrons. The molecule has 1 aromatic heterocycles. The van der Waals surface area contributed by atoms with Gasteiger partial charge in [0.2, 0.25) is 11.8 Å². The fraction of sp³-hybridized carbons (Fsp3) is 0.222. The average molecular weight is 373 g/mol. The van der Waals surface area contributed by atoms with E-state index < -0.39 is 5.91 Å². The van der Waals surface area contributed by atoms with E-state index in [-0.39, 0.29) is 24.1 Å². The highest BCUT2D eigenvalue weighted by molar-refractivity contribution is 6.30. The molecule has 2 N–H and O–H groups in total. The van der Waals surface area contributed by atoms with E-state index >= 15 is 0 Å². The van der Waals surface area contributed by atoms with Crippen LogP contribution in [0.3, 0.4) is 0 Å². The summed E-state index contributed by atoms with van der Waals surface area (Å²) < 4.78 is 0. The smallest absolute Gasteiger partial charge is 0.270 e. The van der Waals surface area contributed by atoms with Gasteiger partial charge in [-0.2, -0.15) is 0 Å². The van der Waals surface area contributed by atoms with Crippen LogP contribution in [0.4, 0.5) is 11.4 Å². The fourth-order valence-corrected chi connectivity index (χ4v) is 2.79.